The van der Waals surface area contributed by atoms with E-state index in [0.29, 0.717) is 26.2 Å². The third-order valence-electron chi connectivity index (χ3n) is 3.42. The van der Waals surface area contributed by atoms with E-state index in [9.17, 15) is 8.42 Å². The molecule has 0 aromatic heterocycles. The van der Waals surface area contributed by atoms with Crippen molar-refractivity contribution in [2.75, 3.05) is 50.5 Å². The number of aliphatic hydroxyl groups excluding tert-OH is 1. The molecule has 1 saturated heterocycles. The minimum atomic E-state index is -3.31. The lowest BCUT2D eigenvalue weighted by atomic mass is 10.2. The highest BCUT2D eigenvalue weighted by Crippen LogP contribution is 2.21. The van der Waals surface area contributed by atoms with E-state index in [0.717, 1.165) is 11.4 Å². The number of hydrogen-bond acceptors (Lipinski definition) is 5. The van der Waals surface area contributed by atoms with E-state index in [1.165, 1.54) is 4.31 Å². The van der Waals surface area contributed by atoms with E-state index >= 15 is 0 Å². The van der Waals surface area contributed by atoms with Gasteiger partial charge in [-0.25, -0.2) is 8.42 Å². The number of nitrogens with zero attached hydrogens (tertiary/aromatic N) is 2. The molecule has 7 heteroatoms. The van der Waals surface area contributed by atoms with E-state index in [1.54, 1.807) is 7.11 Å². The third-order valence-corrected chi connectivity index (χ3v) is 5.27. The third kappa shape index (κ3) is 3.41. The number of benzene rings is 1. The predicted molar refractivity (Wildman–Crippen MR) is 77.7 cm³/mol. The van der Waals surface area contributed by atoms with E-state index < -0.39 is 10.0 Å². The average molecular weight is 300 g/mol. The van der Waals surface area contributed by atoms with Crippen LogP contribution in [-0.4, -0.2) is 63.5 Å². The molecular formula is C13H20N2O4S. The van der Waals surface area contributed by atoms with Gasteiger partial charge < -0.3 is 14.7 Å². The molecule has 1 fully saturated rings. The number of aliphatic hydroxyl groups is 1. The molecule has 1 aromatic carbocycles. The van der Waals surface area contributed by atoms with E-state index in [-0.39, 0.29) is 12.4 Å². The Morgan fingerprint density at radius 2 is 1.75 bits per heavy atom. The second kappa shape index (κ2) is 6.43. The molecule has 0 unspecified atom stereocenters. The van der Waals surface area contributed by atoms with Crippen LogP contribution >= 0.6 is 0 Å². The lowest BCUT2D eigenvalue weighted by molar-refractivity contribution is 0.312. The Bertz CT molecular complexity index is 522. The maximum absolute atomic E-state index is 11.8. The average Bonchev–Trinajstić information content (AvgIpc) is 2.47. The summed E-state index contributed by atoms with van der Waals surface area (Å²) in [5, 5.41) is 8.78. The fraction of sp³-hybridized carbons (Fsp3) is 0.538. The summed E-state index contributed by atoms with van der Waals surface area (Å²) < 4.78 is 30.2. The lowest BCUT2D eigenvalue weighted by Crippen LogP contribution is -2.49. The SMILES string of the molecule is COc1ccc(N2CCN(S(=O)(=O)CCO)CC2)cc1. The van der Waals surface area contributed by atoms with Gasteiger partial charge >= 0.3 is 0 Å². The Balaban J connectivity index is 1.97. The largest absolute Gasteiger partial charge is 0.497 e. The Morgan fingerprint density at radius 3 is 2.25 bits per heavy atom. The molecular weight excluding hydrogens is 280 g/mol. The number of sulfonamides is 1. The van der Waals surface area contributed by atoms with Gasteiger partial charge in [-0.3, -0.25) is 0 Å². The molecule has 1 N–H and O–H groups in total. The summed E-state index contributed by atoms with van der Waals surface area (Å²) in [4.78, 5) is 2.14. The molecule has 0 spiro atoms. The van der Waals surface area contributed by atoms with Crippen LogP contribution in [0.15, 0.2) is 24.3 Å². The van der Waals surface area contributed by atoms with Crippen LogP contribution in [-0.2, 0) is 10.0 Å². The first-order chi connectivity index (χ1) is 9.56. The van der Waals surface area contributed by atoms with Gasteiger partial charge in [-0.1, -0.05) is 0 Å². The summed E-state index contributed by atoms with van der Waals surface area (Å²) >= 11 is 0. The van der Waals surface area contributed by atoms with Crippen molar-refractivity contribution in [2.24, 2.45) is 0 Å². The second-order valence-corrected chi connectivity index (χ2v) is 6.71. The van der Waals surface area contributed by atoms with Gasteiger partial charge in [0.2, 0.25) is 10.0 Å². The van der Waals surface area contributed by atoms with Crippen molar-refractivity contribution in [3.8, 4) is 5.75 Å². The Labute approximate surface area is 119 Å². The topological polar surface area (TPSA) is 70.1 Å². The highest BCUT2D eigenvalue weighted by atomic mass is 32.2. The Kier molecular flexibility index (Phi) is 4.85. The van der Waals surface area contributed by atoms with Crippen LogP contribution in [0.5, 0.6) is 5.75 Å². The molecule has 2 rings (SSSR count). The number of hydrogen-bond donors (Lipinski definition) is 1. The zero-order chi connectivity index (χ0) is 14.6. The number of rotatable bonds is 5. The maximum Gasteiger partial charge on any atom is 0.216 e. The van der Waals surface area contributed by atoms with Gasteiger partial charge in [0.25, 0.3) is 0 Å². The highest BCUT2D eigenvalue weighted by molar-refractivity contribution is 7.89. The molecule has 1 aromatic rings. The Morgan fingerprint density at radius 1 is 1.15 bits per heavy atom. The number of piperazine rings is 1. The Hall–Kier alpha value is -1.31. The van der Waals surface area contributed by atoms with Crippen molar-refractivity contribution in [3.63, 3.8) is 0 Å². The zero-order valence-corrected chi connectivity index (χ0v) is 12.3. The summed E-state index contributed by atoms with van der Waals surface area (Å²) in [6.45, 7) is 1.87. The standard InChI is InChI=1S/C13H20N2O4S/c1-19-13-4-2-12(3-5-13)14-6-8-15(9-7-14)20(17,18)11-10-16/h2-5,16H,6-11H2,1H3. The van der Waals surface area contributed by atoms with Gasteiger partial charge in [-0.2, -0.15) is 4.31 Å². The molecule has 0 amide bonds. The molecule has 1 aliphatic heterocycles. The van der Waals surface area contributed by atoms with E-state index in [4.69, 9.17) is 9.84 Å². The minimum Gasteiger partial charge on any atom is -0.497 e. The van der Waals surface area contributed by atoms with Crippen molar-refractivity contribution < 1.29 is 18.3 Å². The minimum absolute atomic E-state index is 0.199. The fourth-order valence-corrected chi connectivity index (χ4v) is 3.47. The van der Waals surface area contributed by atoms with Gasteiger partial charge in [0.15, 0.2) is 0 Å². The van der Waals surface area contributed by atoms with Gasteiger partial charge in [0.05, 0.1) is 19.5 Å². The normalized spacial score (nSPS) is 17.2. The molecule has 0 atom stereocenters. The highest BCUT2D eigenvalue weighted by Gasteiger charge is 2.26. The number of anilines is 1. The van der Waals surface area contributed by atoms with Crippen molar-refractivity contribution >= 4 is 15.7 Å². The monoisotopic (exact) mass is 300 g/mol. The first-order valence-electron chi connectivity index (χ1n) is 6.54. The number of methoxy groups -OCH3 is 1. The second-order valence-electron chi connectivity index (χ2n) is 4.62. The molecule has 1 heterocycles. The van der Waals surface area contributed by atoms with Crippen molar-refractivity contribution in [3.05, 3.63) is 24.3 Å². The molecule has 0 radical (unpaired) electrons. The van der Waals surface area contributed by atoms with E-state index in [1.807, 2.05) is 24.3 Å². The van der Waals surface area contributed by atoms with Crippen LogP contribution in [0.4, 0.5) is 5.69 Å². The first kappa shape index (κ1) is 15.1. The van der Waals surface area contributed by atoms with Crippen molar-refractivity contribution in [1.82, 2.24) is 4.31 Å². The molecule has 6 nitrogen and oxygen atoms in total. The van der Waals surface area contributed by atoms with Crippen LogP contribution in [0.25, 0.3) is 0 Å². The van der Waals surface area contributed by atoms with Crippen molar-refractivity contribution in [2.45, 2.75) is 0 Å². The smallest absolute Gasteiger partial charge is 0.216 e. The summed E-state index contributed by atoms with van der Waals surface area (Å²) in [5.41, 5.74) is 1.06. The van der Waals surface area contributed by atoms with Gasteiger partial charge in [-0.15, -0.1) is 0 Å². The molecule has 0 saturated carbocycles. The zero-order valence-electron chi connectivity index (χ0n) is 11.5. The lowest BCUT2D eigenvalue weighted by Gasteiger charge is -2.35. The quantitative estimate of drug-likeness (QED) is 0.837. The molecule has 1 aliphatic rings. The van der Waals surface area contributed by atoms with Gasteiger partial charge in [-0.05, 0) is 24.3 Å². The van der Waals surface area contributed by atoms with Crippen LogP contribution in [0, 0.1) is 0 Å². The van der Waals surface area contributed by atoms with Crippen molar-refractivity contribution in [1.29, 1.82) is 0 Å². The molecule has 0 aliphatic carbocycles. The fourth-order valence-electron chi connectivity index (χ4n) is 2.26. The molecule has 0 bridgehead atoms. The summed E-state index contributed by atoms with van der Waals surface area (Å²) in [5.74, 6) is 0.605. The first-order valence-corrected chi connectivity index (χ1v) is 8.15. The maximum atomic E-state index is 11.8. The number of ether oxygens (including phenoxy) is 1. The van der Waals surface area contributed by atoms with Crippen LogP contribution in [0.1, 0.15) is 0 Å². The van der Waals surface area contributed by atoms with Crippen LogP contribution in [0.3, 0.4) is 0 Å². The summed E-state index contributed by atoms with van der Waals surface area (Å²) in [6, 6.07) is 7.72. The molecule has 20 heavy (non-hydrogen) atoms. The summed E-state index contributed by atoms with van der Waals surface area (Å²) in [6.07, 6.45) is 0. The van der Waals surface area contributed by atoms with Gasteiger partial charge in [0, 0.05) is 31.9 Å². The summed E-state index contributed by atoms with van der Waals surface area (Å²) in [7, 11) is -1.69. The van der Waals surface area contributed by atoms with Crippen LogP contribution in [0.2, 0.25) is 0 Å². The van der Waals surface area contributed by atoms with Gasteiger partial charge in [0.1, 0.15) is 5.75 Å². The van der Waals surface area contributed by atoms with Crippen LogP contribution < -0.4 is 9.64 Å². The van der Waals surface area contributed by atoms with E-state index in [2.05, 4.69) is 4.90 Å². The molecule has 112 valence electrons. The predicted octanol–water partition coefficient (Wildman–Crippen LogP) is 0.139.